The van der Waals surface area contributed by atoms with Crippen molar-refractivity contribution in [2.75, 3.05) is 19.8 Å². The Balaban J connectivity index is 4.15. The molecule has 0 aliphatic heterocycles. The fourth-order valence-corrected chi connectivity index (χ4v) is 1.46. The number of hydrogen-bond donors (Lipinski definition) is 2. The molecule has 0 aliphatic carbocycles. The summed E-state index contributed by atoms with van der Waals surface area (Å²) in [6.45, 7) is 3.49. The summed E-state index contributed by atoms with van der Waals surface area (Å²) in [5.74, 6) is -0.433. The van der Waals surface area contributed by atoms with Crippen molar-refractivity contribution in [1.29, 1.82) is 0 Å². The molecule has 4 nitrogen and oxygen atoms in total. The fourth-order valence-electron chi connectivity index (χ4n) is 0.487. The van der Waals surface area contributed by atoms with Gasteiger partial charge in [0.2, 0.25) is 0 Å². The smallest absolute Gasteiger partial charge is 0.155 e. The SMILES string of the molecule is CC(C)C(=O)CS(O)(O)N(C)C. The lowest BCUT2D eigenvalue weighted by Crippen LogP contribution is -2.27. The van der Waals surface area contributed by atoms with Crippen LogP contribution in [-0.2, 0) is 4.79 Å². The molecule has 0 aromatic heterocycles. The van der Waals surface area contributed by atoms with Crippen LogP contribution in [0.2, 0.25) is 0 Å². The van der Waals surface area contributed by atoms with Gasteiger partial charge in [-0.15, -0.1) is 10.8 Å². The lowest BCUT2D eigenvalue weighted by Gasteiger charge is -2.37. The van der Waals surface area contributed by atoms with Crippen LogP contribution in [0.15, 0.2) is 0 Å². The zero-order chi connectivity index (χ0) is 9.94. The molecular weight excluding hydrogens is 178 g/mol. The Kier molecular flexibility index (Phi) is 4.19. The molecule has 0 saturated heterocycles. The molecule has 2 N–H and O–H groups in total. The molecular formula is C7H17NO3S. The summed E-state index contributed by atoms with van der Waals surface area (Å²) in [5, 5.41) is 0. The molecule has 0 atom stereocenters. The second-order valence-corrected chi connectivity index (χ2v) is 5.49. The molecule has 0 spiro atoms. The largest absolute Gasteiger partial charge is 0.298 e. The van der Waals surface area contributed by atoms with E-state index >= 15 is 0 Å². The highest BCUT2D eigenvalue weighted by Gasteiger charge is 2.21. The van der Waals surface area contributed by atoms with Crippen molar-refractivity contribution < 1.29 is 13.9 Å². The molecule has 0 rings (SSSR count). The summed E-state index contributed by atoms with van der Waals surface area (Å²) in [7, 11) is 0.231. The molecule has 12 heavy (non-hydrogen) atoms. The highest BCUT2D eigenvalue weighted by Crippen LogP contribution is 2.40. The first-order valence-corrected chi connectivity index (χ1v) is 5.40. The van der Waals surface area contributed by atoms with Gasteiger partial charge in [0.25, 0.3) is 0 Å². The molecule has 5 heteroatoms. The average Bonchev–Trinajstić information content (AvgIpc) is 1.85. The summed E-state index contributed by atoms with van der Waals surface area (Å²) in [6, 6.07) is 0. The molecule has 0 aliphatic rings. The summed E-state index contributed by atoms with van der Waals surface area (Å²) in [4.78, 5) is 11.1. The summed E-state index contributed by atoms with van der Waals surface area (Å²) in [6.07, 6.45) is 0. The molecule has 0 bridgehead atoms. The van der Waals surface area contributed by atoms with Gasteiger partial charge in [-0.25, -0.2) is 4.31 Å². The van der Waals surface area contributed by atoms with Crippen molar-refractivity contribution in [2.45, 2.75) is 13.8 Å². The van der Waals surface area contributed by atoms with Crippen molar-refractivity contribution in [1.82, 2.24) is 4.31 Å². The van der Waals surface area contributed by atoms with Gasteiger partial charge in [0.05, 0.1) is 0 Å². The predicted octanol–water partition coefficient (Wildman–Crippen LogP) is 1.44. The summed E-state index contributed by atoms with van der Waals surface area (Å²) in [5.41, 5.74) is 0. The van der Waals surface area contributed by atoms with E-state index in [4.69, 9.17) is 0 Å². The number of nitrogens with zero attached hydrogens (tertiary/aromatic N) is 1. The number of hydrogen-bond acceptors (Lipinski definition) is 4. The van der Waals surface area contributed by atoms with Gasteiger partial charge in [-0.05, 0) is 0 Å². The fraction of sp³-hybridized carbons (Fsp3) is 0.857. The van der Waals surface area contributed by atoms with Crippen molar-refractivity contribution in [3.8, 4) is 0 Å². The Morgan fingerprint density at radius 1 is 1.42 bits per heavy atom. The van der Waals surface area contributed by atoms with Crippen LogP contribution in [0.1, 0.15) is 13.8 Å². The predicted molar refractivity (Wildman–Crippen MR) is 51.2 cm³/mol. The van der Waals surface area contributed by atoms with Crippen LogP contribution in [0.4, 0.5) is 0 Å². The Bertz CT molecular complexity index is 168. The van der Waals surface area contributed by atoms with Gasteiger partial charge in [0, 0.05) is 20.0 Å². The zero-order valence-electron chi connectivity index (χ0n) is 7.94. The van der Waals surface area contributed by atoms with Crippen LogP contribution in [0.3, 0.4) is 0 Å². The second kappa shape index (κ2) is 4.23. The van der Waals surface area contributed by atoms with E-state index in [-0.39, 0.29) is 17.5 Å². The maximum absolute atomic E-state index is 11.1. The number of ketones is 1. The van der Waals surface area contributed by atoms with Crippen LogP contribution in [-0.4, -0.2) is 39.0 Å². The zero-order valence-corrected chi connectivity index (χ0v) is 8.76. The van der Waals surface area contributed by atoms with Crippen molar-refractivity contribution in [3.05, 3.63) is 0 Å². The van der Waals surface area contributed by atoms with Gasteiger partial charge >= 0.3 is 0 Å². The van der Waals surface area contributed by atoms with Crippen LogP contribution in [0.5, 0.6) is 0 Å². The van der Waals surface area contributed by atoms with E-state index < -0.39 is 10.8 Å². The minimum atomic E-state index is -2.86. The van der Waals surface area contributed by atoms with E-state index in [1.165, 1.54) is 4.31 Å². The van der Waals surface area contributed by atoms with Crippen molar-refractivity contribution >= 4 is 16.6 Å². The third kappa shape index (κ3) is 3.53. The summed E-state index contributed by atoms with van der Waals surface area (Å²) < 4.78 is 20.0. The topological polar surface area (TPSA) is 60.8 Å². The number of carbonyl (C=O) groups excluding carboxylic acids is 1. The van der Waals surface area contributed by atoms with Gasteiger partial charge in [-0.3, -0.25) is 13.9 Å². The van der Waals surface area contributed by atoms with Crippen LogP contribution < -0.4 is 0 Å². The second-order valence-electron chi connectivity index (χ2n) is 3.21. The Labute approximate surface area is 75.1 Å². The number of rotatable bonds is 4. The molecule has 74 valence electrons. The maximum atomic E-state index is 11.1. The van der Waals surface area contributed by atoms with Crippen molar-refractivity contribution in [3.63, 3.8) is 0 Å². The van der Waals surface area contributed by atoms with E-state index in [2.05, 4.69) is 0 Å². The molecule has 0 aromatic rings. The van der Waals surface area contributed by atoms with E-state index in [9.17, 15) is 13.9 Å². The lowest BCUT2D eigenvalue weighted by molar-refractivity contribution is -0.119. The third-order valence-corrected chi connectivity index (χ3v) is 3.41. The first-order valence-electron chi connectivity index (χ1n) is 3.73. The average molecular weight is 195 g/mol. The molecule has 0 heterocycles. The molecule has 0 fully saturated rings. The third-order valence-electron chi connectivity index (χ3n) is 1.56. The van der Waals surface area contributed by atoms with Crippen LogP contribution in [0, 0.1) is 5.92 Å². The Hall–Kier alpha value is -0.100. The highest BCUT2D eigenvalue weighted by molar-refractivity contribution is 8.22. The van der Waals surface area contributed by atoms with E-state index in [1.54, 1.807) is 27.9 Å². The monoisotopic (exact) mass is 195 g/mol. The minimum absolute atomic E-state index is 0.122. The van der Waals surface area contributed by atoms with E-state index in [1.807, 2.05) is 0 Å². The summed E-state index contributed by atoms with van der Waals surface area (Å²) >= 11 is 0. The van der Waals surface area contributed by atoms with Crippen LogP contribution >= 0.6 is 10.8 Å². The highest BCUT2D eigenvalue weighted by atomic mass is 32.3. The quantitative estimate of drug-likeness (QED) is 0.712. The molecule has 0 amide bonds. The van der Waals surface area contributed by atoms with E-state index in [0.717, 1.165) is 0 Å². The standard InChI is InChI=1S/C7H17NO3S/c1-6(2)7(9)5-12(10,11)8(3)4/h6,10-11H,5H2,1-4H3. The van der Waals surface area contributed by atoms with Gasteiger partial charge in [-0.1, -0.05) is 13.8 Å². The lowest BCUT2D eigenvalue weighted by atomic mass is 10.1. The molecule has 0 saturated carbocycles. The van der Waals surface area contributed by atoms with Crippen molar-refractivity contribution in [2.24, 2.45) is 5.92 Å². The van der Waals surface area contributed by atoms with Crippen LogP contribution in [0.25, 0.3) is 0 Å². The molecule has 0 radical (unpaired) electrons. The Morgan fingerprint density at radius 3 is 2.08 bits per heavy atom. The van der Waals surface area contributed by atoms with Gasteiger partial charge in [0.15, 0.2) is 5.78 Å². The first-order chi connectivity index (χ1) is 5.27. The van der Waals surface area contributed by atoms with Gasteiger partial charge in [-0.2, -0.15) is 0 Å². The Morgan fingerprint density at radius 2 is 1.83 bits per heavy atom. The minimum Gasteiger partial charge on any atom is -0.298 e. The van der Waals surface area contributed by atoms with E-state index in [0.29, 0.717) is 0 Å². The van der Waals surface area contributed by atoms with Gasteiger partial charge in [0.1, 0.15) is 5.75 Å². The normalized spacial score (nSPS) is 14.0. The maximum Gasteiger partial charge on any atom is 0.155 e. The van der Waals surface area contributed by atoms with Gasteiger partial charge < -0.3 is 0 Å². The number of carbonyl (C=O) groups is 1. The molecule has 0 unspecified atom stereocenters. The number of Topliss-reactive ketones (excluding diaryl/α,β-unsaturated/α-hetero) is 1. The first kappa shape index (κ1) is 11.9. The molecule has 0 aromatic carbocycles.